The Morgan fingerprint density at radius 1 is 1.18 bits per heavy atom. The zero-order valence-electron chi connectivity index (χ0n) is 14.6. The molecule has 6 nitrogen and oxygen atoms in total. The smallest absolute Gasteiger partial charge is 0.362 e. The van der Waals surface area contributed by atoms with Crippen molar-refractivity contribution in [3.63, 3.8) is 0 Å². The molecule has 1 aromatic carbocycles. The van der Waals surface area contributed by atoms with E-state index in [1.807, 2.05) is 12.1 Å². The number of benzene rings is 1. The number of rotatable bonds is 6. The van der Waals surface area contributed by atoms with E-state index in [-0.39, 0.29) is 16.7 Å². The minimum absolute atomic E-state index is 0.0637. The predicted molar refractivity (Wildman–Crippen MR) is 103 cm³/mol. The second-order valence-electron chi connectivity index (χ2n) is 6.04. The second kappa shape index (κ2) is 8.79. The first-order valence-corrected chi connectivity index (χ1v) is 8.79. The summed E-state index contributed by atoms with van der Waals surface area (Å²) in [5, 5.41) is 12.8. The van der Waals surface area contributed by atoms with Gasteiger partial charge >= 0.3 is 6.18 Å². The standard InChI is InChI=1S/C18H17F3N6S/c19-18(20,21)14-2-1-3-15(9-14)26-17(28)23-10-13(16-24-11-25-27-16)8-12-4-6-22-7-5-12/h1-7,9,11,13H,8,10H2,(H2,23,26,28)(H,24,25,27). The molecule has 0 radical (unpaired) electrons. The molecule has 0 amide bonds. The minimum Gasteiger partial charge on any atom is -0.362 e. The highest BCUT2D eigenvalue weighted by atomic mass is 32.1. The largest absolute Gasteiger partial charge is 0.416 e. The van der Waals surface area contributed by atoms with Crippen molar-refractivity contribution in [1.82, 2.24) is 25.5 Å². The molecule has 0 saturated heterocycles. The number of aromatic nitrogens is 4. The summed E-state index contributed by atoms with van der Waals surface area (Å²) in [7, 11) is 0. The molecule has 146 valence electrons. The van der Waals surface area contributed by atoms with E-state index >= 15 is 0 Å². The van der Waals surface area contributed by atoms with Gasteiger partial charge in [0.15, 0.2) is 5.11 Å². The lowest BCUT2D eigenvalue weighted by Crippen LogP contribution is -2.33. The molecule has 3 rings (SSSR count). The number of nitrogens with zero attached hydrogens (tertiary/aromatic N) is 3. The van der Waals surface area contributed by atoms with Gasteiger partial charge in [0.05, 0.1) is 5.56 Å². The molecule has 0 aliphatic heterocycles. The van der Waals surface area contributed by atoms with E-state index in [4.69, 9.17) is 12.2 Å². The number of pyridine rings is 1. The monoisotopic (exact) mass is 406 g/mol. The normalized spacial score (nSPS) is 12.4. The molecule has 3 N–H and O–H groups in total. The summed E-state index contributed by atoms with van der Waals surface area (Å²) in [4.78, 5) is 8.20. The Morgan fingerprint density at radius 2 is 1.96 bits per heavy atom. The van der Waals surface area contributed by atoms with Crippen molar-refractivity contribution in [2.75, 3.05) is 11.9 Å². The van der Waals surface area contributed by atoms with E-state index in [2.05, 4.69) is 30.8 Å². The van der Waals surface area contributed by atoms with Crippen LogP contribution in [0.1, 0.15) is 22.9 Å². The lowest BCUT2D eigenvalue weighted by atomic mass is 9.99. The van der Waals surface area contributed by atoms with Crippen molar-refractivity contribution < 1.29 is 13.2 Å². The first-order chi connectivity index (χ1) is 13.4. The quantitative estimate of drug-likeness (QED) is 0.544. The van der Waals surface area contributed by atoms with Crippen molar-refractivity contribution in [3.05, 3.63) is 72.1 Å². The van der Waals surface area contributed by atoms with Gasteiger partial charge in [-0.2, -0.15) is 18.3 Å². The van der Waals surface area contributed by atoms with Gasteiger partial charge in [-0.1, -0.05) is 6.07 Å². The van der Waals surface area contributed by atoms with E-state index < -0.39 is 11.7 Å². The Kier molecular flexibility index (Phi) is 6.19. The van der Waals surface area contributed by atoms with Crippen molar-refractivity contribution in [2.24, 2.45) is 0 Å². The maximum Gasteiger partial charge on any atom is 0.416 e. The maximum absolute atomic E-state index is 12.8. The van der Waals surface area contributed by atoms with Crippen LogP contribution >= 0.6 is 12.2 Å². The van der Waals surface area contributed by atoms with E-state index in [0.717, 1.165) is 17.7 Å². The minimum atomic E-state index is -4.41. The number of H-pyrrole nitrogens is 1. The van der Waals surface area contributed by atoms with E-state index in [9.17, 15) is 13.2 Å². The van der Waals surface area contributed by atoms with Crippen molar-refractivity contribution >= 4 is 23.0 Å². The summed E-state index contributed by atoms with van der Waals surface area (Å²) in [5.41, 5.74) is 0.588. The van der Waals surface area contributed by atoms with E-state index in [0.29, 0.717) is 18.8 Å². The fourth-order valence-corrected chi connectivity index (χ4v) is 2.85. The van der Waals surface area contributed by atoms with E-state index in [1.165, 1.54) is 18.5 Å². The van der Waals surface area contributed by atoms with Crippen LogP contribution in [0, 0.1) is 0 Å². The number of hydrogen-bond acceptors (Lipinski definition) is 4. The van der Waals surface area contributed by atoms with Crippen LogP contribution < -0.4 is 10.6 Å². The maximum atomic E-state index is 12.8. The van der Waals surface area contributed by atoms with Crippen LogP contribution in [-0.4, -0.2) is 31.8 Å². The molecular weight excluding hydrogens is 389 g/mol. The number of thiocarbonyl (C=S) groups is 1. The molecule has 28 heavy (non-hydrogen) atoms. The fourth-order valence-electron chi connectivity index (χ4n) is 2.65. The SMILES string of the molecule is FC(F)(F)c1cccc(NC(=S)NCC(Cc2ccncc2)c2ncn[nH]2)c1. The van der Waals surface area contributed by atoms with Gasteiger partial charge in [0.25, 0.3) is 0 Å². The van der Waals surface area contributed by atoms with Crippen LogP contribution in [0.4, 0.5) is 18.9 Å². The Labute approximate surface area is 164 Å². The zero-order valence-corrected chi connectivity index (χ0v) is 15.4. The van der Waals surface area contributed by atoms with Crippen molar-refractivity contribution in [3.8, 4) is 0 Å². The molecule has 1 unspecified atom stereocenters. The molecule has 0 aliphatic carbocycles. The average molecular weight is 406 g/mol. The number of aromatic amines is 1. The third kappa shape index (κ3) is 5.49. The molecule has 3 aromatic rings. The van der Waals surface area contributed by atoms with Crippen LogP contribution in [0.5, 0.6) is 0 Å². The summed E-state index contributed by atoms with van der Waals surface area (Å²) in [6.45, 7) is 0.419. The molecule has 1 atom stereocenters. The molecule has 0 aliphatic rings. The highest BCUT2D eigenvalue weighted by molar-refractivity contribution is 7.80. The number of hydrogen-bond donors (Lipinski definition) is 3. The van der Waals surface area contributed by atoms with Crippen LogP contribution in [-0.2, 0) is 12.6 Å². The molecular formula is C18H17F3N6S. The number of alkyl halides is 3. The molecule has 0 bridgehead atoms. The summed E-state index contributed by atoms with van der Waals surface area (Å²) in [6.07, 6.45) is 1.10. The highest BCUT2D eigenvalue weighted by Crippen LogP contribution is 2.30. The third-order valence-electron chi connectivity index (χ3n) is 4.01. The van der Waals surface area contributed by atoms with Gasteiger partial charge in [0.1, 0.15) is 12.2 Å². The van der Waals surface area contributed by atoms with Gasteiger partial charge in [-0.25, -0.2) is 4.98 Å². The Hall–Kier alpha value is -3.01. The van der Waals surface area contributed by atoms with Gasteiger partial charge in [-0.05, 0) is 54.5 Å². The molecule has 0 fully saturated rings. The molecule has 0 spiro atoms. The summed E-state index contributed by atoms with van der Waals surface area (Å²) < 4.78 is 38.5. The summed E-state index contributed by atoms with van der Waals surface area (Å²) in [6, 6.07) is 8.68. The molecule has 10 heteroatoms. The zero-order chi connectivity index (χ0) is 20.0. The summed E-state index contributed by atoms with van der Waals surface area (Å²) in [5.74, 6) is 0.623. The summed E-state index contributed by atoms with van der Waals surface area (Å²) >= 11 is 5.23. The average Bonchev–Trinajstić information content (AvgIpc) is 3.20. The third-order valence-corrected chi connectivity index (χ3v) is 4.25. The number of halogens is 3. The number of nitrogens with one attached hydrogen (secondary N) is 3. The van der Waals surface area contributed by atoms with Gasteiger partial charge < -0.3 is 10.6 Å². The predicted octanol–water partition coefficient (Wildman–Crippen LogP) is 3.53. The Balaban J connectivity index is 1.62. The van der Waals surface area contributed by atoms with Crippen LogP contribution in [0.3, 0.4) is 0 Å². The van der Waals surface area contributed by atoms with Gasteiger partial charge in [-0.15, -0.1) is 0 Å². The van der Waals surface area contributed by atoms with Crippen molar-refractivity contribution in [2.45, 2.75) is 18.5 Å². The number of anilines is 1. The fraction of sp³-hybridized carbons (Fsp3) is 0.222. The van der Waals surface area contributed by atoms with Crippen LogP contribution in [0.2, 0.25) is 0 Å². The van der Waals surface area contributed by atoms with Gasteiger partial charge in [0, 0.05) is 30.5 Å². The van der Waals surface area contributed by atoms with Crippen LogP contribution in [0.25, 0.3) is 0 Å². The van der Waals surface area contributed by atoms with E-state index in [1.54, 1.807) is 12.4 Å². The topological polar surface area (TPSA) is 78.5 Å². The lowest BCUT2D eigenvalue weighted by Gasteiger charge is -2.17. The van der Waals surface area contributed by atoms with Gasteiger partial charge in [-0.3, -0.25) is 10.1 Å². The molecule has 0 saturated carbocycles. The first-order valence-electron chi connectivity index (χ1n) is 8.38. The highest BCUT2D eigenvalue weighted by Gasteiger charge is 2.30. The van der Waals surface area contributed by atoms with Crippen molar-refractivity contribution in [1.29, 1.82) is 0 Å². The Morgan fingerprint density at radius 3 is 2.64 bits per heavy atom. The van der Waals surface area contributed by atoms with Crippen LogP contribution in [0.15, 0.2) is 55.1 Å². The first kappa shape index (κ1) is 19.7. The molecule has 2 heterocycles. The van der Waals surface area contributed by atoms with Gasteiger partial charge in [0.2, 0.25) is 0 Å². The molecule has 2 aromatic heterocycles. The Bertz CT molecular complexity index is 899. The second-order valence-corrected chi connectivity index (χ2v) is 6.45. The lowest BCUT2D eigenvalue weighted by molar-refractivity contribution is -0.137.